The van der Waals surface area contributed by atoms with Crippen LogP contribution in [0.5, 0.6) is 0 Å². The molecule has 1 atom stereocenters. The van der Waals surface area contributed by atoms with Crippen LogP contribution in [0.4, 0.5) is 0 Å². The Kier molecular flexibility index (Phi) is 12.3. The highest BCUT2D eigenvalue weighted by molar-refractivity contribution is 5.84. The zero-order valence-electron chi connectivity index (χ0n) is 16.6. The van der Waals surface area contributed by atoms with Gasteiger partial charge in [0, 0.05) is 6.42 Å². The first-order valence-corrected chi connectivity index (χ1v) is 10.7. The maximum Gasteiger partial charge on any atom is 0.306 e. The van der Waals surface area contributed by atoms with Gasteiger partial charge in [-0.1, -0.05) is 51.2 Å². The standard InChI is InChI=1S/C22H39NO3/c1-2-3-4-5-6-7-8-9-10-11-12-13-20(24)21(23)18-14-16-19(17-15-18)22(25)26/h5-6,18-19,21H,2-4,7-17,23H2,1H3,(H,25,26)/b6-5+. The second-order valence-electron chi connectivity index (χ2n) is 7.86. The van der Waals surface area contributed by atoms with Gasteiger partial charge in [-0.2, -0.15) is 0 Å². The van der Waals surface area contributed by atoms with Crippen LogP contribution in [0.25, 0.3) is 0 Å². The number of unbranched alkanes of at least 4 members (excludes halogenated alkanes) is 7. The maximum absolute atomic E-state index is 12.3. The number of Topliss-reactive ketones (excluding diaryl/α,β-unsaturated/α-hetero) is 1. The molecule has 0 radical (unpaired) electrons. The highest BCUT2D eigenvalue weighted by Crippen LogP contribution is 2.31. The van der Waals surface area contributed by atoms with Gasteiger partial charge in [-0.25, -0.2) is 0 Å². The predicted octanol–water partition coefficient (Wildman–Crippen LogP) is 5.25. The highest BCUT2D eigenvalue weighted by atomic mass is 16.4. The second kappa shape index (κ2) is 14.0. The van der Waals surface area contributed by atoms with E-state index in [1.165, 1.54) is 44.9 Å². The molecule has 1 rings (SSSR count). The molecule has 1 aliphatic rings. The highest BCUT2D eigenvalue weighted by Gasteiger charge is 2.31. The maximum atomic E-state index is 12.3. The molecule has 26 heavy (non-hydrogen) atoms. The van der Waals surface area contributed by atoms with E-state index in [-0.39, 0.29) is 17.6 Å². The average molecular weight is 366 g/mol. The van der Waals surface area contributed by atoms with E-state index >= 15 is 0 Å². The number of carbonyl (C=O) groups excluding carboxylic acids is 1. The molecule has 150 valence electrons. The molecule has 0 aromatic rings. The van der Waals surface area contributed by atoms with Crippen molar-refractivity contribution in [3.05, 3.63) is 12.2 Å². The van der Waals surface area contributed by atoms with Crippen LogP contribution in [-0.4, -0.2) is 22.9 Å². The first-order valence-electron chi connectivity index (χ1n) is 10.7. The lowest BCUT2D eigenvalue weighted by Gasteiger charge is -2.29. The van der Waals surface area contributed by atoms with Gasteiger partial charge in [0.2, 0.25) is 0 Å². The van der Waals surface area contributed by atoms with Gasteiger partial charge < -0.3 is 10.8 Å². The molecule has 1 unspecified atom stereocenters. The van der Waals surface area contributed by atoms with Crippen molar-refractivity contribution in [1.29, 1.82) is 0 Å². The number of allylic oxidation sites excluding steroid dienone is 2. The molecular weight excluding hydrogens is 326 g/mol. The van der Waals surface area contributed by atoms with Gasteiger partial charge in [0.1, 0.15) is 5.78 Å². The van der Waals surface area contributed by atoms with Gasteiger partial charge in [0.25, 0.3) is 0 Å². The Labute approximate surface area is 159 Å². The van der Waals surface area contributed by atoms with Crippen molar-refractivity contribution in [1.82, 2.24) is 0 Å². The summed E-state index contributed by atoms with van der Waals surface area (Å²) in [4.78, 5) is 23.3. The molecule has 4 heteroatoms. The van der Waals surface area contributed by atoms with Crippen molar-refractivity contribution in [3.8, 4) is 0 Å². The Morgan fingerprint density at radius 2 is 1.54 bits per heavy atom. The summed E-state index contributed by atoms with van der Waals surface area (Å²) in [6.45, 7) is 2.22. The van der Waals surface area contributed by atoms with Crippen LogP contribution < -0.4 is 5.73 Å². The van der Waals surface area contributed by atoms with Gasteiger partial charge in [-0.3, -0.25) is 9.59 Å². The molecule has 0 aromatic heterocycles. The quantitative estimate of drug-likeness (QED) is 0.325. The molecule has 1 saturated carbocycles. The second-order valence-corrected chi connectivity index (χ2v) is 7.86. The molecular formula is C22H39NO3. The molecule has 0 aliphatic heterocycles. The third kappa shape index (κ3) is 9.51. The lowest BCUT2D eigenvalue weighted by molar-refractivity contribution is -0.143. The number of hydrogen-bond acceptors (Lipinski definition) is 3. The fraction of sp³-hybridized carbons (Fsp3) is 0.818. The van der Waals surface area contributed by atoms with E-state index in [1.54, 1.807) is 0 Å². The van der Waals surface area contributed by atoms with Crippen molar-refractivity contribution >= 4 is 11.8 Å². The summed E-state index contributed by atoms with van der Waals surface area (Å²) in [5.74, 6) is -0.602. The number of carbonyl (C=O) groups is 2. The third-order valence-electron chi connectivity index (χ3n) is 5.69. The summed E-state index contributed by atoms with van der Waals surface area (Å²) in [6.07, 6.45) is 18.7. The summed E-state index contributed by atoms with van der Waals surface area (Å²) in [5, 5.41) is 9.04. The summed E-state index contributed by atoms with van der Waals surface area (Å²) >= 11 is 0. The number of ketones is 1. The Balaban J connectivity index is 2.02. The van der Waals surface area contributed by atoms with E-state index in [1.807, 2.05) is 0 Å². The van der Waals surface area contributed by atoms with Crippen LogP contribution in [0.2, 0.25) is 0 Å². The number of aliphatic carboxylic acids is 1. The molecule has 4 nitrogen and oxygen atoms in total. The van der Waals surface area contributed by atoms with Gasteiger partial charge in [0.15, 0.2) is 0 Å². The minimum atomic E-state index is -0.709. The van der Waals surface area contributed by atoms with Gasteiger partial charge in [0.05, 0.1) is 12.0 Å². The van der Waals surface area contributed by atoms with Crippen molar-refractivity contribution < 1.29 is 14.7 Å². The molecule has 3 N–H and O–H groups in total. The van der Waals surface area contributed by atoms with E-state index in [4.69, 9.17) is 10.8 Å². The lowest BCUT2D eigenvalue weighted by atomic mass is 9.77. The molecule has 0 heterocycles. The first-order chi connectivity index (χ1) is 12.6. The smallest absolute Gasteiger partial charge is 0.306 e. The first kappa shape index (κ1) is 22.9. The Morgan fingerprint density at radius 3 is 2.15 bits per heavy atom. The third-order valence-corrected chi connectivity index (χ3v) is 5.69. The summed E-state index contributed by atoms with van der Waals surface area (Å²) < 4.78 is 0. The molecule has 0 amide bonds. The minimum absolute atomic E-state index is 0.169. The number of carboxylic acid groups (broad SMARTS) is 1. The molecule has 0 spiro atoms. The van der Waals surface area contributed by atoms with Crippen LogP contribution in [0.1, 0.15) is 96.8 Å². The SMILES string of the molecule is CCCC/C=C/CCCCCCCC(=O)C(N)C1CCC(C(=O)O)CC1. The van der Waals surface area contributed by atoms with Crippen LogP contribution in [0.3, 0.4) is 0 Å². The van der Waals surface area contributed by atoms with Crippen LogP contribution >= 0.6 is 0 Å². The average Bonchev–Trinajstić information content (AvgIpc) is 2.65. The van der Waals surface area contributed by atoms with E-state index in [0.717, 1.165) is 25.7 Å². The molecule has 0 bridgehead atoms. The fourth-order valence-corrected chi connectivity index (χ4v) is 3.80. The minimum Gasteiger partial charge on any atom is -0.481 e. The van der Waals surface area contributed by atoms with Crippen LogP contribution in [0, 0.1) is 11.8 Å². The van der Waals surface area contributed by atoms with E-state index in [2.05, 4.69) is 19.1 Å². The van der Waals surface area contributed by atoms with Gasteiger partial charge >= 0.3 is 5.97 Å². The monoisotopic (exact) mass is 365 g/mol. The van der Waals surface area contributed by atoms with E-state index in [0.29, 0.717) is 19.3 Å². The largest absolute Gasteiger partial charge is 0.481 e. The fourth-order valence-electron chi connectivity index (χ4n) is 3.80. The number of rotatable bonds is 14. The summed E-state index contributed by atoms with van der Waals surface area (Å²) in [5.41, 5.74) is 6.14. The van der Waals surface area contributed by atoms with Gasteiger partial charge in [-0.15, -0.1) is 0 Å². The van der Waals surface area contributed by atoms with Gasteiger partial charge in [-0.05, 0) is 57.3 Å². The van der Waals surface area contributed by atoms with Crippen molar-refractivity contribution in [2.45, 2.75) is 103 Å². The van der Waals surface area contributed by atoms with E-state index in [9.17, 15) is 9.59 Å². The summed E-state index contributed by atoms with van der Waals surface area (Å²) in [7, 11) is 0. The van der Waals surface area contributed by atoms with Crippen molar-refractivity contribution in [2.24, 2.45) is 17.6 Å². The predicted molar refractivity (Wildman–Crippen MR) is 107 cm³/mol. The Hall–Kier alpha value is -1.16. The zero-order valence-corrected chi connectivity index (χ0v) is 16.6. The topological polar surface area (TPSA) is 80.4 Å². The van der Waals surface area contributed by atoms with Crippen LogP contribution in [0.15, 0.2) is 12.2 Å². The molecule has 0 aromatic carbocycles. The Morgan fingerprint density at radius 1 is 0.962 bits per heavy atom. The summed E-state index contributed by atoms with van der Waals surface area (Å²) in [6, 6.07) is -0.391. The van der Waals surface area contributed by atoms with E-state index < -0.39 is 12.0 Å². The van der Waals surface area contributed by atoms with Crippen molar-refractivity contribution in [3.63, 3.8) is 0 Å². The zero-order chi connectivity index (χ0) is 19.2. The number of hydrogen-bond donors (Lipinski definition) is 2. The molecule has 1 aliphatic carbocycles. The van der Waals surface area contributed by atoms with Crippen LogP contribution in [-0.2, 0) is 9.59 Å². The Bertz CT molecular complexity index is 425. The number of carboxylic acids is 1. The molecule has 1 fully saturated rings. The van der Waals surface area contributed by atoms with Crippen molar-refractivity contribution in [2.75, 3.05) is 0 Å². The number of nitrogens with two attached hydrogens (primary N) is 1. The lowest BCUT2D eigenvalue weighted by Crippen LogP contribution is -2.40. The molecule has 0 saturated heterocycles. The normalized spacial score (nSPS) is 21.8.